The van der Waals surface area contributed by atoms with E-state index < -0.39 is 0 Å². The summed E-state index contributed by atoms with van der Waals surface area (Å²) in [6.45, 7) is 2.17. The Bertz CT molecular complexity index is 331. The van der Waals surface area contributed by atoms with Crippen molar-refractivity contribution in [2.45, 2.75) is 13.0 Å². The molecule has 1 rings (SSSR count). The van der Waals surface area contributed by atoms with Crippen molar-refractivity contribution < 1.29 is 19.0 Å². The molecule has 4 nitrogen and oxygen atoms in total. The van der Waals surface area contributed by atoms with Gasteiger partial charge in [0.25, 0.3) is 0 Å². The zero-order valence-electron chi connectivity index (χ0n) is 9.73. The van der Waals surface area contributed by atoms with Crippen molar-refractivity contribution in [2.24, 2.45) is 0 Å². The van der Waals surface area contributed by atoms with E-state index >= 15 is 0 Å². The largest absolute Gasteiger partial charge is 0.497 e. The Morgan fingerprint density at radius 3 is 2.38 bits per heavy atom. The molecule has 0 aliphatic rings. The number of benzene rings is 1. The van der Waals surface area contributed by atoms with Gasteiger partial charge in [0.1, 0.15) is 11.9 Å². The number of methoxy groups -OCH3 is 2. The third-order valence-corrected chi connectivity index (χ3v) is 2.04. The minimum atomic E-state index is -0.354. The van der Waals surface area contributed by atoms with Crippen LogP contribution in [0.1, 0.15) is 17.3 Å². The van der Waals surface area contributed by atoms with Crippen molar-refractivity contribution in [2.75, 3.05) is 20.8 Å². The third kappa shape index (κ3) is 3.55. The summed E-state index contributed by atoms with van der Waals surface area (Å²) in [5.74, 6) is 0.355. The first-order valence-corrected chi connectivity index (χ1v) is 5.01. The Morgan fingerprint density at radius 2 is 1.88 bits per heavy atom. The predicted octanol–water partition coefficient (Wildman–Crippen LogP) is 1.89. The number of rotatable bonds is 5. The molecule has 0 saturated heterocycles. The Kier molecular flexibility index (Phi) is 4.79. The molecule has 1 atom stereocenters. The zero-order chi connectivity index (χ0) is 12.0. The van der Waals surface area contributed by atoms with Gasteiger partial charge < -0.3 is 14.2 Å². The highest BCUT2D eigenvalue weighted by atomic mass is 16.6. The van der Waals surface area contributed by atoms with Crippen LogP contribution in [0.15, 0.2) is 24.3 Å². The molecule has 0 saturated carbocycles. The molecule has 0 N–H and O–H groups in total. The molecular weight excluding hydrogens is 208 g/mol. The second-order valence-corrected chi connectivity index (χ2v) is 3.40. The quantitative estimate of drug-likeness (QED) is 0.716. The molecule has 0 amide bonds. The van der Waals surface area contributed by atoms with Gasteiger partial charge in [0, 0.05) is 7.11 Å². The van der Waals surface area contributed by atoms with Gasteiger partial charge in [0.15, 0.2) is 0 Å². The van der Waals surface area contributed by atoms with E-state index in [1.54, 1.807) is 45.4 Å². The van der Waals surface area contributed by atoms with Gasteiger partial charge in [0.2, 0.25) is 0 Å². The summed E-state index contributed by atoms with van der Waals surface area (Å²) < 4.78 is 15.0. The van der Waals surface area contributed by atoms with Gasteiger partial charge in [-0.3, -0.25) is 0 Å². The van der Waals surface area contributed by atoms with Gasteiger partial charge in [-0.25, -0.2) is 4.79 Å². The number of hydrogen-bond acceptors (Lipinski definition) is 4. The minimum Gasteiger partial charge on any atom is -0.497 e. The molecule has 1 aromatic rings. The molecule has 0 unspecified atom stereocenters. The van der Waals surface area contributed by atoms with Crippen molar-refractivity contribution in [3.8, 4) is 5.75 Å². The molecule has 0 aliphatic carbocycles. The number of ether oxygens (including phenoxy) is 3. The van der Waals surface area contributed by atoms with Crippen LogP contribution in [0.5, 0.6) is 5.75 Å². The van der Waals surface area contributed by atoms with E-state index in [-0.39, 0.29) is 12.1 Å². The maximum Gasteiger partial charge on any atom is 0.338 e. The molecule has 0 radical (unpaired) electrons. The van der Waals surface area contributed by atoms with Crippen molar-refractivity contribution in [3.63, 3.8) is 0 Å². The minimum absolute atomic E-state index is 0.250. The monoisotopic (exact) mass is 224 g/mol. The normalized spacial score (nSPS) is 11.9. The lowest BCUT2D eigenvalue weighted by atomic mass is 10.2. The van der Waals surface area contributed by atoms with Gasteiger partial charge in [-0.15, -0.1) is 0 Å². The second-order valence-electron chi connectivity index (χ2n) is 3.40. The van der Waals surface area contributed by atoms with Crippen molar-refractivity contribution in [1.29, 1.82) is 0 Å². The van der Waals surface area contributed by atoms with Crippen LogP contribution in [0.4, 0.5) is 0 Å². The Hall–Kier alpha value is -1.55. The maximum atomic E-state index is 11.6. The lowest BCUT2D eigenvalue weighted by Crippen LogP contribution is -2.19. The van der Waals surface area contributed by atoms with Gasteiger partial charge >= 0.3 is 5.97 Å². The van der Waals surface area contributed by atoms with Crippen molar-refractivity contribution >= 4 is 5.97 Å². The van der Waals surface area contributed by atoms with E-state index in [1.807, 2.05) is 0 Å². The van der Waals surface area contributed by atoms with Crippen LogP contribution in [0.25, 0.3) is 0 Å². The van der Waals surface area contributed by atoms with Gasteiger partial charge in [-0.05, 0) is 31.2 Å². The first-order valence-electron chi connectivity index (χ1n) is 5.01. The van der Waals surface area contributed by atoms with Crippen LogP contribution in [0.2, 0.25) is 0 Å². The van der Waals surface area contributed by atoms with Crippen LogP contribution < -0.4 is 4.74 Å². The molecule has 0 spiro atoms. The predicted molar refractivity (Wildman–Crippen MR) is 59.7 cm³/mol. The average Bonchev–Trinajstić information content (AvgIpc) is 2.29. The van der Waals surface area contributed by atoms with Gasteiger partial charge in [0.05, 0.1) is 19.3 Å². The SMILES string of the molecule is COC[C@H](C)OC(=O)c1ccc(OC)cc1. The highest BCUT2D eigenvalue weighted by Gasteiger charge is 2.11. The highest BCUT2D eigenvalue weighted by molar-refractivity contribution is 5.89. The summed E-state index contributed by atoms with van der Waals surface area (Å²) in [5.41, 5.74) is 0.503. The summed E-state index contributed by atoms with van der Waals surface area (Å²) in [6.07, 6.45) is -0.250. The standard InChI is InChI=1S/C12H16O4/c1-9(8-14-2)16-12(13)10-4-6-11(15-3)7-5-10/h4-7,9H,8H2,1-3H3/t9-/m0/s1. The second kappa shape index (κ2) is 6.12. The molecule has 88 valence electrons. The first-order chi connectivity index (χ1) is 7.67. The summed E-state index contributed by atoms with van der Waals surface area (Å²) >= 11 is 0. The Morgan fingerprint density at radius 1 is 1.25 bits per heavy atom. The number of esters is 1. The van der Waals surface area contributed by atoms with Crippen LogP contribution in [-0.2, 0) is 9.47 Å². The van der Waals surface area contributed by atoms with Crippen LogP contribution in [0, 0.1) is 0 Å². The molecular formula is C12H16O4. The lowest BCUT2D eigenvalue weighted by Gasteiger charge is -2.12. The fraction of sp³-hybridized carbons (Fsp3) is 0.417. The van der Waals surface area contributed by atoms with Gasteiger partial charge in [-0.1, -0.05) is 0 Å². The molecule has 0 aromatic heterocycles. The van der Waals surface area contributed by atoms with Crippen molar-refractivity contribution in [3.05, 3.63) is 29.8 Å². The average molecular weight is 224 g/mol. The van der Waals surface area contributed by atoms with E-state index in [1.165, 1.54) is 0 Å². The van der Waals surface area contributed by atoms with Crippen molar-refractivity contribution in [1.82, 2.24) is 0 Å². The molecule has 0 bridgehead atoms. The zero-order valence-corrected chi connectivity index (χ0v) is 9.73. The summed E-state index contributed by atoms with van der Waals surface area (Å²) in [7, 11) is 3.14. The number of carbonyl (C=O) groups is 1. The number of carbonyl (C=O) groups excluding carboxylic acids is 1. The maximum absolute atomic E-state index is 11.6. The van der Waals surface area contributed by atoms with E-state index in [9.17, 15) is 4.79 Å². The molecule has 0 heterocycles. The molecule has 0 aliphatic heterocycles. The van der Waals surface area contributed by atoms with E-state index in [0.717, 1.165) is 0 Å². The van der Waals surface area contributed by atoms with E-state index in [2.05, 4.69) is 0 Å². The van der Waals surface area contributed by atoms with Gasteiger partial charge in [-0.2, -0.15) is 0 Å². The van der Waals surface area contributed by atoms with Crippen LogP contribution in [-0.4, -0.2) is 32.9 Å². The fourth-order valence-electron chi connectivity index (χ4n) is 1.25. The van der Waals surface area contributed by atoms with Crippen LogP contribution >= 0.6 is 0 Å². The molecule has 16 heavy (non-hydrogen) atoms. The Labute approximate surface area is 95.1 Å². The highest BCUT2D eigenvalue weighted by Crippen LogP contribution is 2.12. The topological polar surface area (TPSA) is 44.8 Å². The Balaban J connectivity index is 2.59. The summed E-state index contributed by atoms with van der Waals surface area (Å²) in [6, 6.07) is 6.77. The fourth-order valence-corrected chi connectivity index (χ4v) is 1.25. The molecule has 4 heteroatoms. The third-order valence-electron chi connectivity index (χ3n) is 2.04. The smallest absolute Gasteiger partial charge is 0.338 e. The summed E-state index contributed by atoms with van der Waals surface area (Å²) in [4.78, 5) is 11.6. The number of hydrogen-bond donors (Lipinski definition) is 0. The first kappa shape index (κ1) is 12.5. The van der Waals surface area contributed by atoms with E-state index in [0.29, 0.717) is 17.9 Å². The molecule has 1 aromatic carbocycles. The van der Waals surface area contributed by atoms with Crippen LogP contribution in [0.3, 0.4) is 0 Å². The molecule has 0 fully saturated rings. The lowest BCUT2D eigenvalue weighted by molar-refractivity contribution is 0.0120. The van der Waals surface area contributed by atoms with E-state index in [4.69, 9.17) is 14.2 Å². The summed E-state index contributed by atoms with van der Waals surface area (Å²) in [5, 5.41) is 0.